The quantitative estimate of drug-likeness (QED) is 0.0911. The van der Waals surface area contributed by atoms with Gasteiger partial charge in [-0.3, -0.25) is 0 Å². The highest BCUT2D eigenvalue weighted by Crippen LogP contribution is 2.36. The van der Waals surface area contributed by atoms with Crippen LogP contribution in [0.1, 0.15) is 34.7 Å². The maximum atomic E-state index is 10.7. The molecular formula is C41H36O2S. The molecule has 0 aliphatic carbocycles. The Morgan fingerprint density at radius 1 is 0.636 bits per heavy atom. The highest BCUT2D eigenvalue weighted by Gasteiger charge is 2.10. The molecule has 1 atom stereocenters. The third kappa shape index (κ3) is 8.84. The van der Waals surface area contributed by atoms with E-state index in [4.69, 9.17) is 0 Å². The van der Waals surface area contributed by atoms with Gasteiger partial charge >= 0.3 is 0 Å². The minimum Gasteiger partial charge on any atom is -0.507 e. The van der Waals surface area contributed by atoms with Crippen molar-refractivity contribution in [1.29, 1.82) is 0 Å². The van der Waals surface area contributed by atoms with Crippen LogP contribution in [0.15, 0.2) is 151 Å². The summed E-state index contributed by atoms with van der Waals surface area (Å²) >= 11 is 1.61. The number of aliphatic hydroxyl groups excluding tert-OH is 1. The van der Waals surface area contributed by atoms with Gasteiger partial charge in [0.2, 0.25) is 0 Å². The molecule has 0 spiro atoms. The normalized spacial score (nSPS) is 12.8. The molecule has 0 saturated heterocycles. The van der Waals surface area contributed by atoms with Gasteiger partial charge in [0.25, 0.3) is 0 Å². The Bertz CT molecular complexity index is 1750. The van der Waals surface area contributed by atoms with Crippen LogP contribution in [0, 0.1) is 0 Å². The van der Waals surface area contributed by atoms with Crippen molar-refractivity contribution in [3.05, 3.63) is 173 Å². The predicted molar refractivity (Wildman–Crippen MR) is 190 cm³/mol. The highest BCUT2D eigenvalue weighted by molar-refractivity contribution is 8.00. The number of phenols is 1. The van der Waals surface area contributed by atoms with E-state index in [9.17, 15) is 10.2 Å². The molecule has 0 bridgehead atoms. The van der Waals surface area contributed by atoms with E-state index in [2.05, 4.69) is 116 Å². The van der Waals surface area contributed by atoms with Gasteiger partial charge in [-0.2, -0.15) is 0 Å². The SMILES string of the molecule is CC(/C=C(\C=C/CO)c1ccc(/C=C/c2ccccc2)cc1)Sc1cc(-c2ccc(/C=C/c3ccccc3)cc2)ccc1O. The molecule has 0 aliphatic heterocycles. The predicted octanol–water partition coefficient (Wildman–Crippen LogP) is 10.5. The first-order valence-electron chi connectivity index (χ1n) is 14.7. The Morgan fingerprint density at radius 3 is 1.68 bits per heavy atom. The van der Waals surface area contributed by atoms with E-state index in [0.29, 0.717) is 0 Å². The van der Waals surface area contributed by atoms with Crippen molar-refractivity contribution in [3.63, 3.8) is 0 Å². The minimum atomic E-state index is -0.0274. The van der Waals surface area contributed by atoms with Gasteiger partial charge < -0.3 is 10.2 Å². The summed E-state index contributed by atoms with van der Waals surface area (Å²) < 4.78 is 0. The second-order valence-electron chi connectivity index (χ2n) is 10.4. The van der Waals surface area contributed by atoms with E-state index >= 15 is 0 Å². The Morgan fingerprint density at radius 2 is 1.14 bits per heavy atom. The molecule has 5 rings (SSSR count). The van der Waals surface area contributed by atoms with Crippen LogP contribution in [0.25, 0.3) is 41.0 Å². The molecule has 1 unspecified atom stereocenters. The molecule has 0 aromatic heterocycles. The van der Waals surface area contributed by atoms with E-state index in [-0.39, 0.29) is 17.6 Å². The van der Waals surface area contributed by atoms with Crippen molar-refractivity contribution in [3.8, 4) is 16.9 Å². The lowest BCUT2D eigenvalue weighted by molar-refractivity contribution is 0.343. The number of thioether (sulfide) groups is 1. The molecule has 44 heavy (non-hydrogen) atoms. The van der Waals surface area contributed by atoms with Crippen molar-refractivity contribution < 1.29 is 10.2 Å². The van der Waals surface area contributed by atoms with Crippen LogP contribution < -0.4 is 0 Å². The van der Waals surface area contributed by atoms with Crippen LogP contribution in [0.3, 0.4) is 0 Å². The molecule has 0 radical (unpaired) electrons. The van der Waals surface area contributed by atoms with Crippen LogP contribution in [-0.4, -0.2) is 22.1 Å². The summed E-state index contributed by atoms with van der Waals surface area (Å²) in [6.45, 7) is 2.09. The second kappa shape index (κ2) is 15.6. The molecule has 218 valence electrons. The fourth-order valence-electron chi connectivity index (χ4n) is 4.79. The standard InChI is InChI=1S/C41H36O2S/c1-31(29-38(13-8-28-42)36-22-18-34(19-23-36)16-14-32-9-4-2-5-10-32)44-41-30-39(26-27-40(41)43)37-24-20-35(21-25-37)17-15-33-11-6-3-7-12-33/h2-27,29-31,42-43H,28H2,1H3/b13-8-,16-14+,17-15+,38-29+. The lowest BCUT2D eigenvalue weighted by atomic mass is 10.0. The molecule has 5 aromatic carbocycles. The number of aliphatic hydroxyl groups is 1. The Labute approximate surface area is 265 Å². The van der Waals surface area contributed by atoms with Crippen molar-refractivity contribution in [1.82, 2.24) is 0 Å². The van der Waals surface area contributed by atoms with E-state index < -0.39 is 0 Å². The summed E-state index contributed by atoms with van der Waals surface area (Å²) in [6.07, 6.45) is 14.3. The number of aromatic hydroxyl groups is 1. The number of hydrogen-bond donors (Lipinski definition) is 2. The number of rotatable bonds is 11. The molecule has 3 heteroatoms. The zero-order chi connectivity index (χ0) is 30.6. The summed E-state index contributed by atoms with van der Waals surface area (Å²) in [4.78, 5) is 0.825. The lowest BCUT2D eigenvalue weighted by Gasteiger charge is -2.13. The van der Waals surface area contributed by atoms with E-state index in [1.54, 1.807) is 23.9 Å². The van der Waals surface area contributed by atoms with Crippen molar-refractivity contribution >= 4 is 41.6 Å². The van der Waals surface area contributed by atoms with Gasteiger partial charge in [0.15, 0.2) is 0 Å². The summed E-state index contributed by atoms with van der Waals surface area (Å²) in [5.41, 5.74) is 8.82. The number of phenolic OH excluding ortho intramolecular Hbond substituents is 1. The van der Waals surface area contributed by atoms with Gasteiger partial charge in [-0.05, 0) is 63.6 Å². The Balaban J connectivity index is 1.30. The van der Waals surface area contributed by atoms with Gasteiger partial charge in [0, 0.05) is 5.25 Å². The molecule has 0 amide bonds. The van der Waals surface area contributed by atoms with Crippen LogP contribution in [0.2, 0.25) is 0 Å². The zero-order valence-corrected chi connectivity index (χ0v) is 25.6. The summed E-state index contributed by atoms with van der Waals surface area (Å²) in [5.74, 6) is 0.267. The monoisotopic (exact) mass is 592 g/mol. The van der Waals surface area contributed by atoms with E-state index in [1.165, 1.54) is 5.56 Å². The van der Waals surface area contributed by atoms with Gasteiger partial charge in [-0.25, -0.2) is 0 Å². The summed E-state index contributed by atoms with van der Waals surface area (Å²) in [6, 6.07) is 43.2. The highest BCUT2D eigenvalue weighted by atomic mass is 32.2. The average Bonchev–Trinajstić information content (AvgIpc) is 3.07. The molecule has 0 saturated carbocycles. The maximum Gasteiger partial charge on any atom is 0.129 e. The average molecular weight is 593 g/mol. The summed E-state index contributed by atoms with van der Waals surface area (Å²) in [5, 5.41) is 20.2. The van der Waals surface area contributed by atoms with Crippen LogP contribution in [-0.2, 0) is 0 Å². The molecular weight excluding hydrogens is 557 g/mol. The van der Waals surface area contributed by atoms with Crippen molar-refractivity contribution in [2.45, 2.75) is 17.1 Å². The fourth-order valence-corrected chi connectivity index (χ4v) is 5.79. The van der Waals surface area contributed by atoms with E-state index in [1.807, 2.05) is 48.5 Å². The van der Waals surface area contributed by atoms with Gasteiger partial charge in [0.05, 0.1) is 11.5 Å². The second-order valence-corrected chi connectivity index (χ2v) is 11.9. The minimum absolute atomic E-state index is 0.0274. The third-order valence-corrected chi connectivity index (χ3v) is 8.20. The summed E-state index contributed by atoms with van der Waals surface area (Å²) in [7, 11) is 0. The number of allylic oxidation sites excluding steroid dienone is 2. The number of hydrogen-bond acceptors (Lipinski definition) is 3. The van der Waals surface area contributed by atoms with E-state index in [0.717, 1.165) is 43.8 Å². The first-order chi connectivity index (χ1) is 21.6. The smallest absolute Gasteiger partial charge is 0.129 e. The fraction of sp³-hybridized carbons (Fsp3) is 0.0732. The third-order valence-electron chi connectivity index (χ3n) is 7.11. The molecule has 0 fully saturated rings. The number of benzene rings is 5. The van der Waals surface area contributed by atoms with Crippen molar-refractivity contribution in [2.75, 3.05) is 6.61 Å². The first-order valence-corrected chi connectivity index (χ1v) is 15.6. The van der Waals surface area contributed by atoms with Gasteiger partial charge in [-0.15, -0.1) is 11.8 Å². The van der Waals surface area contributed by atoms with Crippen LogP contribution in [0.5, 0.6) is 5.75 Å². The van der Waals surface area contributed by atoms with Crippen LogP contribution in [0.4, 0.5) is 0 Å². The Kier molecular flexibility index (Phi) is 10.8. The molecule has 5 aromatic rings. The topological polar surface area (TPSA) is 40.5 Å². The maximum absolute atomic E-state index is 10.7. The first kappa shape index (κ1) is 30.6. The van der Waals surface area contributed by atoms with Gasteiger partial charge in [0.1, 0.15) is 5.75 Å². The zero-order valence-electron chi connectivity index (χ0n) is 24.8. The van der Waals surface area contributed by atoms with Crippen LogP contribution >= 0.6 is 11.8 Å². The molecule has 2 N–H and O–H groups in total. The largest absolute Gasteiger partial charge is 0.507 e. The molecule has 2 nitrogen and oxygen atoms in total. The molecule has 0 aliphatic rings. The van der Waals surface area contributed by atoms with Gasteiger partial charge in [-0.1, -0.05) is 158 Å². The molecule has 0 heterocycles. The lowest BCUT2D eigenvalue weighted by Crippen LogP contribution is -1.94. The Hall–Kier alpha value is -4.83. The van der Waals surface area contributed by atoms with Crippen molar-refractivity contribution in [2.24, 2.45) is 0 Å².